The van der Waals surface area contributed by atoms with Crippen LogP contribution >= 0.6 is 11.6 Å². The number of fused-ring (bicyclic) bond motifs is 1. The zero-order chi connectivity index (χ0) is 23.4. The number of H-pyrrole nitrogens is 1. The van der Waals surface area contributed by atoms with Gasteiger partial charge in [0.15, 0.2) is 5.82 Å². The van der Waals surface area contributed by atoms with Gasteiger partial charge in [-0.25, -0.2) is 4.98 Å². The molecule has 5 nitrogen and oxygen atoms in total. The Kier molecular flexibility index (Phi) is 6.75. The van der Waals surface area contributed by atoms with Crippen LogP contribution in [0, 0.1) is 11.3 Å². The summed E-state index contributed by atoms with van der Waals surface area (Å²) >= 11 is 6.42. The normalized spacial score (nSPS) is 12.0. The van der Waals surface area contributed by atoms with Gasteiger partial charge in [0.1, 0.15) is 22.8 Å². The number of hydrogen-bond donors (Lipinski definition) is 1. The molecular formula is C23H20ClF3N5Na. The van der Waals surface area contributed by atoms with Crippen molar-refractivity contribution < 1.29 is 44.2 Å². The van der Waals surface area contributed by atoms with Crippen LogP contribution in [-0.2, 0) is 18.6 Å². The molecule has 0 aliphatic carbocycles. The minimum absolute atomic E-state index is 0. The molecule has 2 heterocycles. The Morgan fingerprint density at radius 2 is 1.82 bits per heavy atom. The number of imidazole rings is 1. The minimum atomic E-state index is -4.50. The second-order valence-corrected chi connectivity index (χ2v) is 8.95. The predicted molar refractivity (Wildman–Crippen MR) is 118 cm³/mol. The van der Waals surface area contributed by atoms with Gasteiger partial charge in [0.25, 0.3) is 0 Å². The molecule has 1 N–H and O–H groups in total. The summed E-state index contributed by atoms with van der Waals surface area (Å²) in [5.41, 5.74) is 1.59. The summed E-state index contributed by atoms with van der Waals surface area (Å²) < 4.78 is 42.1. The number of alkyl halides is 3. The SMILES string of the molecule is Cn1nc(C(C)(C)C)c(C#N)c1-c1nc2c(Cl)cc(-c3ccccc3C(F)(F)F)cc2[nH]1.[H-].[Na+]. The number of aromatic nitrogens is 4. The molecule has 4 aromatic rings. The van der Waals surface area contributed by atoms with Crippen molar-refractivity contribution in [3.05, 3.63) is 58.2 Å². The first-order valence-corrected chi connectivity index (χ1v) is 10.1. The molecule has 4 rings (SSSR count). The monoisotopic (exact) mass is 481 g/mol. The maximum absolute atomic E-state index is 13.5. The molecule has 2 aromatic heterocycles. The number of nitrogens with zero attached hydrogens (tertiary/aromatic N) is 4. The van der Waals surface area contributed by atoms with Crippen LogP contribution in [0.3, 0.4) is 0 Å². The van der Waals surface area contributed by atoms with E-state index in [2.05, 4.69) is 21.1 Å². The van der Waals surface area contributed by atoms with E-state index in [0.29, 0.717) is 39.4 Å². The van der Waals surface area contributed by atoms with Gasteiger partial charge in [-0.05, 0) is 29.3 Å². The van der Waals surface area contributed by atoms with Crippen molar-refractivity contribution in [3.63, 3.8) is 0 Å². The van der Waals surface area contributed by atoms with Crippen LogP contribution in [-0.4, -0.2) is 19.7 Å². The van der Waals surface area contributed by atoms with Crippen LogP contribution in [0.25, 0.3) is 33.7 Å². The molecule has 0 saturated carbocycles. The molecule has 0 aliphatic heterocycles. The Balaban J connectivity index is 0.00000204. The third kappa shape index (κ3) is 4.56. The number of aryl methyl sites for hydroxylation is 1. The van der Waals surface area contributed by atoms with Crippen molar-refractivity contribution >= 4 is 22.6 Å². The van der Waals surface area contributed by atoms with Gasteiger partial charge in [0.05, 0.1) is 21.8 Å². The maximum atomic E-state index is 13.5. The smallest absolute Gasteiger partial charge is 1.00 e. The zero-order valence-corrected chi connectivity index (χ0v) is 21.5. The first kappa shape index (κ1) is 25.3. The second-order valence-electron chi connectivity index (χ2n) is 8.54. The van der Waals surface area contributed by atoms with Crippen molar-refractivity contribution in [2.75, 3.05) is 0 Å². The zero-order valence-electron chi connectivity index (χ0n) is 19.8. The summed E-state index contributed by atoms with van der Waals surface area (Å²) in [6, 6.07) is 10.6. The van der Waals surface area contributed by atoms with Crippen LogP contribution in [0.5, 0.6) is 0 Å². The van der Waals surface area contributed by atoms with Gasteiger partial charge in [-0.2, -0.15) is 23.5 Å². The first-order chi connectivity index (χ1) is 14.9. The van der Waals surface area contributed by atoms with Crippen molar-refractivity contribution in [2.24, 2.45) is 7.05 Å². The summed E-state index contributed by atoms with van der Waals surface area (Å²) in [5, 5.41) is 14.5. The average molecular weight is 482 g/mol. The molecule has 0 saturated heterocycles. The van der Waals surface area contributed by atoms with Gasteiger partial charge in [0, 0.05) is 12.5 Å². The Bertz CT molecular complexity index is 1400. The van der Waals surface area contributed by atoms with Gasteiger partial charge in [0.2, 0.25) is 0 Å². The molecule has 0 spiro atoms. The molecule has 0 aliphatic rings. The van der Waals surface area contributed by atoms with Crippen molar-refractivity contribution in [1.82, 2.24) is 19.7 Å². The largest absolute Gasteiger partial charge is 1.00 e. The maximum Gasteiger partial charge on any atom is 1.00 e. The van der Waals surface area contributed by atoms with Crippen LogP contribution in [0.2, 0.25) is 5.02 Å². The third-order valence-electron chi connectivity index (χ3n) is 5.18. The molecule has 0 bridgehead atoms. The Morgan fingerprint density at radius 3 is 2.42 bits per heavy atom. The quantitative estimate of drug-likeness (QED) is 0.445. The van der Waals surface area contributed by atoms with Crippen LogP contribution in [0.4, 0.5) is 13.2 Å². The van der Waals surface area contributed by atoms with Crippen molar-refractivity contribution in [2.45, 2.75) is 32.4 Å². The van der Waals surface area contributed by atoms with Gasteiger partial charge in [-0.15, -0.1) is 0 Å². The Morgan fingerprint density at radius 1 is 1.15 bits per heavy atom. The predicted octanol–water partition coefficient (Wildman–Crippen LogP) is 3.59. The van der Waals surface area contributed by atoms with E-state index in [9.17, 15) is 18.4 Å². The number of hydrogen-bond acceptors (Lipinski definition) is 3. The number of benzene rings is 2. The topological polar surface area (TPSA) is 70.3 Å². The van der Waals surface area contributed by atoms with Crippen molar-refractivity contribution in [1.29, 1.82) is 5.26 Å². The van der Waals surface area contributed by atoms with E-state index in [-0.39, 0.29) is 47.0 Å². The van der Waals surface area contributed by atoms with Gasteiger partial charge in [-0.3, -0.25) is 4.68 Å². The van der Waals surface area contributed by atoms with E-state index >= 15 is 0 Å². The Labute approximate surface area is 217 Å². The van der Waals surface area contributed by atoms with E-state index in [4.69, 9.17) is 11.6 Å². The molecule has 0 unspecified atom stereocenters. The van der Waals surface area contributed by atoms with E-state index in [1.165, 1.54) is 18.2 Å². The van der Waals surface area contributed by atoms with Gasteiger partial charge < -0.3 is 6.41 Å². The van der Waals surface area contributed by atoms with Gasteiger partial charge >= 0.3 is 35.7 Å². The molecule has 0 atom stereocenters. The van der Waals surface area contributed by atoms with Crippen LogP contribution in [0.1, 0.15) is 39.0 Å². The summed E-state index contributed by atoms with van der Waals surface area (Å²) in [5.74, 6) is 0.366. The summed E-state index contributed by atoms with van der Waals surface area (Å²) in [4.78, 5) is 7.64. The number of aromatic amines is 1. The molecule has 2 aromatic carbocycles. The number of nitrogens with one attached hydrogen (secondary N) is 1. The van der Waals surface area contributed by atoms with E-state index in [1.807, 2.05) is 20.8 Å². The third-order valence-corrected chi connectivity index (χ3v) is 5.47. The van der Waals surface area contributed by atoms with Gasteiger partial charge in [-0.1, -0.05) is 50.6 Å². The van der Waals surface area contributed by atoms with Crippen LogP contribution in [0.15, 0.2) is 36.4 Å². The fourth-order valence-corrected chi connectivity index (χ4v) is 4.01. The van der Waals surface area contributed by atoms with E-state index in [1.54, 1.807) is 23.9 Å². The molecule has 10 heteroatoms. The number of halogens is 4. The molecule has 0 radical (unpaired) electrons. The first-order valence-electron chi connectivity index (χ1n) is 9.75. The number of nitriles is 1. The summed E-state index contributed by atoms with van der Waals surface area (Å²) in [6.45, 7) is 5.87. The fourth-order valence-electron chi connectivity index (χ4n) is 3.75. The fraction of sp³-hybridized carbons (Fsp3) is 0.261. The molecule has 166 valence electrons. The van der Waals surface area contributed by atoms with Crippen LogP contribution < -0.4 is 29.6 Å². The van der Waals surface area contributed by atoms with E-state index < -0.39 is 11.7 Å². The summed E-state index contributed by atoms with van der Waals surface area (Å²) in [6.07, 6.45) is -4.50. The van der Waals surface area contributed by atoms with E-state index in [0.717, 1.165) is 6.07 Å². The number of rotatable bonds is 2. The molecular weight excluding hydrogens is 462 g/mol. The minimum Gasteiger partial charge on any atom is -1.00 e. The Hall–Kier alpha value is -2.31. The second kappa shape index (κ2) is 8.80. The molecule has 0 fully saturated rings. The molecule has 0 amide bonds. The van der Waals surface area contributed by atoms with Crippen molar-refractivity contribution in [3.8, 4) is 28.7 Å². The standard InChI is InChI=1S/C23H19ClF3N5.Na.H/c1-22(2,3)20-14(11-28)19(32(4)31-20)21-29-17-10-12(9-16(24)18(17)30-21)13-7-5-6-8-15(13)23(25,26)27;;/h5-10H,1-4H3,(H,29,30);;/q;+1;-1. The molecule has 33 heavy (non-hydrogen) atoms. The average Bonchev–Trinajstić information content (AvgIpc) is 3.27. The summed E-state index contributed by atoms with van der Waals surface area (Å²) in [7, 11) is 1.71.